The van der Waals surface area contributed by atoms with Crippen LogP contribution in [-0.4, -0.2) is 49.5 Å². The minimum atomic E-state index is -4.18. The van der Waals surface area contributed by atoms with E-state index < -0.39 is 24.3 Å². The summed E-state index contributed by atoms with van der Waals surface area (Å²) in [5.41, 5.74) is -0.530. The average Bonchev–Trinajstić information content (AvgIpc) is 2.44. The van der Waals surface area contributed by atoms with Gasteiger partial charge in [-0.1, -0.05) is 0 Å². The van der Waals surface area contributed by atoms with Crippen LogP contribution in [0.5, 0.6) is 0 Å². The number of carbonyl (C=O) groups is 1. The third-order valence-corrected chi connectivity index (χ3v) is 3.71. The number of hydrogen-bond acceptors (Lipinski definition) is 3. The van der Waals surface area contributed by atoms with Crippen molar-refractivity contribution in [3.8, 4) is 0 Å². The normalized spacial score (nSPS) is 22.3. The van der Waals surface area contributed by atoms with Crippen LogP contribution < -0.4 is 16.0 Å². The predicted octanol–water partition coefficient (Wildman–Crippen LogP) is 2.94. The van der Waals surface area contributed by atoms with Crippen LogP contribution in [0.1, 0.15) is 52.9 Å². The third-order valence-electron chi connectivity index (χ3n) is 3.71. The van der Waals surface area contributed by atoms with Gasteiger partial charge in [0.15, 0.2) is 5.96 Å². The highest BCUT2D eigenvalue weighted by atomic mass is 19.4. The van der Waals surface area contributed by atoms with E-state index in [1.165, 1.54) is 7.05 Å². The molecule has 0 aromatic carbocycles. The highest BCUT2D eigenvalue weighted by molar-refractivity contribution is 5.79. The average molecular weight is 366 g/mol. The first-order valence-electron chi connectivity index (χ1n) is 8.52. The number of alkyl carbamates (subject to hydrolysis) is 1. The van der Waals surface area contributed by atoms with Gasteiger partial charge in [-0.3, -0.25) is 4.99 Å². The first kappa shape index (κ1) is 21.4. The van der Waals surface area contributed by atoms with Crippen LogP contribution in [0, 0.1) is 0 Å². The lowest BCUT2D eigenvalue weighted by Crippen LogP contribution is -2.48. The largest absolute Gasteiger partial charge is 0.444 e. The minimum Gasteiger partial charge on any atom is -0.444 e. The number of hydrogen-bond donors (Lipinski definition) is 3. The third kappa shape index (κ3) is 10.0. The van der Waals surface area contributed by atoms with Gasteiger partial charge in [-0.25, -0.2) is 4.79 Å². The molecule has 1 rings (SSSR count). The first-order chi connectivity index (χ1) is 11.5. The summed E-state index contributed by atoms with van der Waals surface area (Å²) in [5, 5.41) is 8.66. The van der Waals surface area contributed by atoms with Crippen LogP contribution in [0.25, 0.3) is 0 Å². The van der Waals surface area contributed by atoms with Gasteiger partial charge in [-0.15, -0.1) is 0 Å². The van der Waals surface area contributed by atoms with E-state index >= 15 is 0 Å². The van der Waals surface area contributed by atoms with Gasteiger partial charge < -0.3 is 20.7 Å². The standard InChI is InChI=1S/C16H29F3N4O2/c1-15(2,3)25-14(24)23-12-7-5-11(6-8-12)22-13(20-4)21-10-9-16(17,18)19/h11-12H,5-10H2,1-4H3,(H,23,24)(H2,20,21,22). The minimum absolute atomic E-state index is 0.0492. The fourth-order valence-corrected chi connectivity index (χ4v) is 2.57. The van der Waals surface area contributed by atoms with Crippen molar-refractivity contribution in [2.45, 2.75) is 76.7 Å². The van der Waals surface area contributed by atoms with E-state index in [1.807, 2.05) is 20.8 Å². The lowest BCUT2D eigenvalue weighted by Gasteiger charge is -2.31. The molecule has 0 unspecified atom stereocenters. The molecule has 0 aliphatic heterocycles. The van der Waals surface area contributed by atoms with Crippen molar-refractivity contribution in [1.82, 2.24) is 16.0 Å². The molecule has 0 aromatic heterocycles. The van der Waals surface area contributed by atoms with Crippen LogP contribution in [-0.2, 0) is 4.74 Å². The second kappa shape index (κ2) is 9.15. The van der Waals surface area contributed by atoms with Crippen molar-refractivity contribution in [3.63, 3.8) is 0 Å². The van der Waals surface area contributed by atoms with Crippen molar-refractivity contribution < 1.29 is 22.7 Å². The number of nitrogens with zero attached hydrogens (tertiary/aromatic N) is 1. The van der Waals surface area contributed by atoms with E-state index in [1.54, 1.807) is 0 Å². The maximum atomic E-state index is 12.2. The molecule has 0 spiro atoms. The summed E-state index contributed by atoms with van der Waals surface area (Å²) >= 11 is 0. The zero-order valence-corrected chi connectivity index (χ0v) is 15.3. The lowest BCUT2D eigenvalue weighted by molar-refractivity contribution is -0.132. The molecule has 25 heavy (non-hydrogen) atoms. The number of guanidine groups is 1. The molecular formula is C16H29F3N4O2. The zero-order chi connectivity index (χ0) is 19.1. The molecule has 0 radical (unpaired) electrons. The van der Waals surface area contributed by atoms with E-state index in [4.69, 9.17) is 4.74 Å². The van der Waals surface area contributed by atoms with Crippen LogP contribution in [0.15, 0.2) is 4.99 Å². The molecule has 3 N–H and O–H groups in total. The molecule has 1 saturated carbocycles. The van der Waals surface area contributed by atoms with Crippen molar-refractivity contribution in [2.75, 3.05) is 13.6 Å². The van der Waals surface area contributed by atoms with E-state index in [0.29, 0.717) is 5.96 Å². The van der Waals surface area contributed by atoms with Gasteiger partial charge in [-0.05, 0) is 46.5 Å². The molecule has 0 aromatic rings. The molecule has 1 aliphatic carbocycles. The Labute approximate surface area is 147 Å². The Bertz CT molecular complexity index is 453. The maximum Gasteiger partial charge on any atom is 0.407 e. The van der Waals surface area contributed by atoms with E-state index in [0.717, 1.165) is 25.7 Å². The highest BCUT2D eigenvalue weighted by Crippen LogP contribution is 2.20. The number of alkyl halides is 3. The van der Waals surface area contributed by atoms with Crippen LogP contribution >= 0.6 is 0 Å². The van der Waals surface area contributed by atoms with Gasteiger partial charge in [0.05, 0.1) is 6.42 Å². The molecule has 0 bridgehead atoms. The number of carbonyl (C=O) groups excluding carboxylic acids is 1. The Morgan fingerprint density at radius 3 is 2.04 bits per heavy atom. The summed E-state index contributed by atoms with van der Waals surface area (Å²) < 4.78 is 41.8. The number of ether oxygens (including phenoxy) is 1. The van der Waals surface area contributed by atoms with Gasteiger partial charge in [0.1, 0.15) is 5.60 Å². The molecule has 0 heterocycles. The monoisotopic (exact) mass is 366 g/mol. The summed E-state index contributed by atoms with van der Waals surface area (Å²) in [7, 11) is 1.53. The lowest BCUT2D eigenvalue weighted by atomic mass is 9.91. The number of rotatable bonds is 4. The van der Waals surface area contributed by atoms with Crippen molar-refractivity contribution in [2.24, 2.45) is 4.99 Å². The second-order valence-electron chi connectivity index (χ2n) is 7.20. The Hall–Kier alpha value is -1.67. The van der Waals surface area contributed by atoms with Crippen molar-refractivity contribution in [1.29, 1.82) is 0 Å². The van der Waals surface area contributed by atoms with Crippen LogP contribution in [0.3, 0.4) is 0 Å². The molecule has 146 valence electrons. The van der Waals surface area contributed by atoms with Gasteiger partial charge in [0, 0.05) is 25.7 Å². The van der Waals surface area contributed by atoms with Crippen molar-refractivity contribution >= 4 is 12.1 Å². The molecule has 6 nitrogen and oxygen atoms in total. The molecule has 1 fully saturated rings. The molecule has 0 atom stereocenters. The number of halogens is 3. The molecule has 1 aliphatic rings. The summed E-state index contributed by atoms with van der Waals surface area (Å²) in [4.78, 5) is 15.7. The molecule has 0 saturated heterocycles. The summed E-state index contributed by atoms with van der Waals surface area (Å²) in [6, 6.07) is 0.168. The van der Waals surface area contributed by atoms with Crippen LogP contribution in [0.4, 0.5) is 18.0 Å². The van der Waals surface area contributed by atoms with E-state index in [-0.39, 0.29) is 18.6 Å². The fraction of sp³-hybridized carbons (Fsp3) is 0.875. The van der Waals surface area contributed by atoms with Crippen LogP contribution in [0.2, 0.25) is 0 Å². The van der Waals surface area contributed by atoms with Gasteiger partial charge in [0.25, 0.3) is 0 Å². The zero-order valence-electron chi connectivity index (χ0n) is 15.3. The van der Waals surface area contributed by atoms with Crippen molar-refractivity contribution in [3.05, 3.63) is 0 Å². The van der Waals surface area contributed by atoms with Gasteiger partial charge in [0.2, 0.25) is 0 Å². The molecular weight excluding hydrogens is 337 g/mol. The summed E-state index contributed by atoms with van der Waals surface area (Å²) in [6.45, 7) is 5.22. The number of amides is 1. The smallest absolute Gasteiger partial charge is 0.407 e. The number of nitrogens with one attached hydrogen (secondary N) is 3. The predicted molar refractivity (Wildman–Crippen MR) is 90.6 cm³/mol. The Kier molecular flexibility index (Phi) is 7.82. The molecule has 1 amide bonds. The quantitative estimate of drug-likeness (QED) is 0.528. The summed E-state index contributed by atoms with van der Waals surface area (Å²) in [5.74, 6) is 0.368. The Morgan fingerprint density at radius 1 is 1.08 bits per heavy atom. The molecule has 9 heteroatoms. The Morgan fingerprint density at radius 2 is 1.60 bits per heavy atom. The van der Waals surface area contributed by atoms with E-state index in [9.17, 15) is 18.0 Å². The van der Waals surface area contributed by atoms with E-state index in [2.05, 4.69) is 20.9 Å². The van der Waals surface area contributed by atoms with Gasteiger partial charge >= 0.3 is 12.3 Å². The highest BCUT2D eigenvalue weighted by Gasteiger charge is 2.27. The Balaban J connectivity index is 2.30. The first-order valence-corrected chi connectivity index (χ1v) is 8.52. The van der Waals surface area contributed by atoms with Gasteiger partial charge in [-0.2, -0.15) is 13.2 Å². The maximum absolute atomic E-state index is 12.2. The SMILES string of the molecule is CN=C(NCCC(F)(F)F)NC1CCC(NC(=O)OC(C)(C)C)CC1. The summed E-state index contributed by atoms with van der Waals surface area (Å²) in [6.07, 6.45) is -2.38. The fourth-order valence-electron chi connectivity index (χ4n) is 2.57. The topological polar surface area (TPSA) is 74.8 Å². The number of aliphatic imine (C=N–C) groups is 1. The second-order valence-corrected chi connectivity index (χ2v) is 7.20.